The van der Waals surface area contributed by atoms with Gasteiger partial charge in [0.2, 0.25) is 0 Å². The minimum absolute atomic E-state index is 0.190. The molecule has 3 rings (SSSR count). The Morgan fingerprint density at radius 3 is 2.05 bits per heavy atom. The van der Waals surface area contributed by atoms with Gasteiger partial charge in [-0.05, 0) is 0 Å². The fourth-order valence-corrected chi connectivity index (χ4v) is 4.02. The van der Waals surface area contributed by atoms with Crippen LogP contribution in [0, 0.1) is 22.7 Å². The van der Waals surface area contributed by atoms with Gasteiger partial charge >= 0.3 is 128 Å². The molecule has 4 heteroatoms. The van der Waals surface area contributed by atoms with E-state index in [2.05, 4.69) is 29.3 Å². The molecule has 0 unspecified atom stereocenters. The van der Waals surface area contributed by atoms with E-state index in [1.165, 1.54) is 8.87 Å². The fourth-order valence-electron chi connectivity index (χ4n) is 1.95. The summed E-state index contributed by atoms with van der Waals surface area (Å²) in [6.45, 7) is 0. The first kappa shape index (κ1) is 13.3. The molecule has 0 N–H and O–H groups in total. The second-order valence-electron chi connectivity index (χ2n) is 4.40. The van der Waals surface area contributed by atoms with Crippen LogP contribution in [0.3, 0.4) is 0 Å². The fraction of sp³-hybridized carbons (Fsp3) is 0. The maximum absolute atomic E-state index is 8.83. The summed E-state index contributed by atoms with van der Waals surface area (Å²) in [6, 6.07) is 19.7. The molecule has 0 saturated heterocycles. The molecular formula is C17H9N3Se. The van der Waals surface area contributed by atoms with Crippen molar-refractivity contribution in [1.82, 2.24) is 4.98 Å². The Balaban J connectivity index is 1.92. The van der Waals surface area contributed by atoms with Crippen molar-refractivity contribution in [3.8, 4) is 32.3 Å². The SMILES string of the molecule is N#Cc1ccc(-c2ccc(-c3ccc(C#N)cn3)[se]2)cc1. The molecule has 2 aromatic heterocycles. The van der Waals surface area contributed by atoms with Crippen molar-refractivity contribution in [2.24, 2.45) is 0 Å². The zero-order valence-electron chi connectivity index (χ0n) is 10.9. The van der Waals surface area contributed by atoms with E-state index in [0.717, 1.165) is 11.3 Å². The Bertz CT molecular complexity index is 775. The first-order valence-electron chi connectivity index (χ1n) is 6.27. The van der Waals surface area contributed by atoms with Gasteiger partial charge in [-0.15, -0.1) is 0 Å². The van der Waals surface area contributed by atoms with Gasteiger partial charge in [0.15, 0.2) is 0 Å². The van der Waals surface area contributed by atoms with Crippen LogP contribution in [0.4, 0.5) is 0 Å². The van der Waals surface area contributed by atoms with Gasteiger partial charge in [-0.3, -0.25) is 0 Å². The van der Waals surface area contributed by atoms with E-state index in [-0.39, 0.29) is 14.5 Å². The van der Waals surface area contributed by atoms with Crippen LogP contribution in [-0.4, -0.2) is 19.5 Å². The molecule has 0 fully saturated rings. The first-order valence-corrected chi connectivity index (χ1v) is 7.98. The summed E-state index contributed by atoms with van der Waals surface area (Å²) in [7, 11) is 0. The predicted octanol–water partition coefficient (Wildman–Crippen LogP) is 3.22. The van der Waals surface area contributed by atoms with E-state index in [4.69, 9.17) is 10.5 Å². The molecule has 98 valence electrons. The van der Waals surface area contributed by atoms with Crippen molar-refractivity contribution in [2.45, 2.75) is 0 Å². The third kappa shape index (κ3) is 2.78. The molecule has 0 aliphatic heterocycles. The topological polar surface area (TPSA) is 60.5 Å². The van der Waals surface area contributed by atoms with Gasteiger partial charge < -0.3 is 0 Å². The number of benzene rings is 1. The molecule has 0 saturated carbocycles. The summed E-state index contributed by atoms with van der Waals surface area (Å²) in [5.74, 6) is 0. The average Bonchev–Trinajstić information content (AvgIpc) is 3.05. The summed E-state index contributed by atoms with van der Waals surface area (Å²) < 4.78 is 2.47. The molecule has 0 bridgehead atoms. The summed E-state index contributed by atoms with van der Waals surface area (Å²) in [5, 5.41) is 17.6. The summed E-state index contributed by atoms with van der Waals surface area (Å²) in [4.78, 5) is 4.34. The molecule has 3 aromatic rings. The standard InChI is InChI=1S/C17H9N3Se/c18-9-12-1-4-14(5-2-12)16-7-8-17(21-16)15-6-3-13(10-19)11-20-15/h1-8,11H. The van der Waals surface area contributed by atoms with Gasteiger partial charge in [-0.2, -0.15) is 0 Å². The number of rotatable bonds is 2. The Hall–Kier alpha value is -2.65. The maximum atomic E-state index is 8.83. The molecule has 2 heterocycles. The minimum atomic E-state index is 0.190. The van der Waals surface area contributed by atoms with Crippen LogP contribution < -0.4 is 0 Å². The molecule has 0 aliphatic carbocycles. The van der Waals surface area contributed by atoms with Gasteiger partial charge in [0.1, 0.15) is 0 Å². The quantitative estimate of drug-likeness (QED) is 0.676. The first-order chi connectivity index (χ1) is 10.3. The molecule has 0 radical (unpaired) electrons. The number of nitriles is 2. The van der Waals surface area contributed by atoms with Crippen molar-refractivity contribution in [1.29, 1.82) is 10.5 Å². The zero-order valence-corrected chi connectivity index (χ0v) is 12.7. The van der Waals surface area contributed by atoms with Crippen molar-refractivity contribution in [3.05, 3.63) is 65.9 Å². The molecular weight excluding hydrogens is 325 g/mol. The average molecular weight is 334 g/mol. The van der Waals surface area contributed by atoms with Crippen molar-refractivity contribution in [2.75, 3.05) is 0 Å². The summed E-state index contributed by atoms with van der Waals surface area (Å²) in [5.41, 5.74) is 3.32. The Morgan fingerprint density at radius 1 is 0.762 bits per heavy atom. The Morgan fingerprint density at radius 2 is 1.43 bits per heavy atom. The van der Waals surface area contributed by atoms with E-state index in [0.29, 0.717) is 11.1 Å². The third-order valence-electron chi connectivity index (χ3n) is 3.05. The van der Waals surface area contributed by atoms with Gasteiger partial charge in [-0.25, -0.2) is 0 Å². The Kier molecular flexibility index (Phi) is 3.67. The predicted molar refractivity (Wildman–Crippen MR) is 81.5 cm³/mol. The number of hydrogen-bond donors (Lipinski definition) is 0. The van der Waals surface area contributed by atoms with Gasteiger partial charge in [0, 0.05) is 0 Å². The van der Waals surface area contributed by atoms with Crippen LogP contribution in [0.1, 0.15) is 11.1 Å². The van der Waals surface area contributed by atoms with E-state index >= 15 is 0 Å². The van der Waals surface area contributed by atoms with E-state index < -0.39 is 0 Å². The van der Waals surface area contributed by atoms with Gasteiger partial charge in [0.25, 0.3) is 0 Å². The second kappa shape index (κ2) is 5.77. The van der Waals surface area contributed by atoms with Crippen LogP contribution >= 0.6 is 0 Å². The molecule has 0 aliphatic rings. The number of nitrogens with zero attached hydrogens (tertiary/aromatic N) is 3. The number of hydrogen-bond acceptors (Lipinski definition) is 3. The summed E-state index contributed by atoms with van der Waals surface area (Å²) >= 11 is 0.190. The molecule has 0 amide bonds. The van der Waals surface area contributed by atoms with Gasteiger partial charge in [-0.1, -0.05) is 0 Å². The number of pyridine rings is 1. The van der Waals surface area contributed by atoms with E-state index in [1.54, 1.807) is 12.3 Å². The molecule has 0 atom stereocenters. The molecule has 3 nitrogen and oxygen atoms in total. The monoisotopic (exact) mass is 335 g/mol. The molecule has 21 heavy (non-hydrogen) atoms. The summed E-state index contributed by atoms with van der Waals surface area (Å²) in [6.07, 6.45) is 1.60. The van der Waals surface area contributed by atoms with E-state index in [9.17, 15) is 0 Å². The van der Waals surface area contributed by atoms with Crippen LogP contribution in [0.15, 0.2) is 54.7 Å². The molecule has 0 spiro atoms. The van der Waals surface area contributed by atoms with Crippen LogP contribution in [-0.2, 0) is 0 Å². The van der Waals surface area contributed by atoms with Crippen molar-refractivity contribution < 1.29 is 0 Å². The second-order valence-corrected chi connectivity index (χ2v) is 6.67. The normalized spacial score (nSPS) is 9.81. The number of aromatic nitrogens is 1. The van der Waals surface area contributed by atoms with Crippen LogP contribution in [0.5, 0.6) is 0 Å². The molecule has 1 aromatic carbocycles. The van der Waals surface area contributed by atoms with Crippen molar-refractivity contribution in [3.63, 3.8) is 0 Å². The zero-order chi connectivity index (χ0) is 14.7. The Labute approximate surface area is 128 Å². The van der Waals surface area contributed by atoms with Gasteiger partial charge in [0.05, 0.1) is 0 Å². The van der Waals surface area contributed by atoms with Crippen LogP contribution in [0.25, 0.3) is 20.1 Å². The van der Waals surface area contributed by atoms with Crippen molar-refractivity contribution >= 4 is 14.5 Å². The van der Waals surface area contributed by atoms with Crippen LogP contribution in [0.2, 0.25) is 0 Å². The van der Waals surface area contributed by atoms with E-state index in [1.807, 2.05) is 30.3 Å². The third-order valence-corrected chi connectivity index (χ3v) is 5.48.